The summed E-state index contributed by atoms with van der Waals surface area (Å²) >= 11 is 0. The van der Waals surface area contributed by atoms with Gasteiger partial charge in [0.1, 0.15) is 24.1 Å². The van der Waals surface area contributed by atoms with Crippen molar-refractivity contribution in [1.82, 2.24) is 14.3 Å². The molecule has 1 unspecified atom stereocenters. The number of phenols is 1. The van der Waals surface area contributed by atoms with E-state index in [1.165, 1.54) is 6.07 Å². The van der Waals surface area contributed by atoms with Crippen molar-refractivity contribution in [3.05, 3.63) is 57.4 Å². The number of terminal acetylenes is 1. The fraction of sp³-hybridized carbons (Fsp3) is 0.368. The molecule has 8 nitrogen and oxygen atoms in total. The molecule has 0 aliphatic heterocycles. The van der Waals surface area contributed by atoms with Crippen LogP contribution in [-0.4, -0.2) is 45.4 Å². The molecular formula is C19H23N3O5. The summed E-state index contributed by atoms with van der Waals surface area (Å²) in [6.45, 7) is 5.92. The average Bonchev–Trinajstić information content (AvgIpc) is 2.94. The SMILES string of the molecule is C#CCOC(COCC=C)Cn1c(=O)[nH]n(-c2cc(CC)ccc2O)c1=O. The quantitative estimate of drug-likeness (QED) is 0.365. The topological polar surface area (TPSA) is 98.5 Å². The lowest BCUT2D eigenvalue weighted by Crippen LogP contribution is -2.36. The average molecular weight is 373 g/mol. The molecule has 0 fully saturated rings. The molecule has 2 rings (SSSR count). The fourth-order valence-corrected chi connectivity index (χ4v) is 2.51. The Labute approximate surface area is 156 Å². The number of aromatic nitrogens is 3. The van der Waals surface area contributed by atoms with Gasteiger partial charge in [0.2, 0.25) is 0 Å². The van der Waals surface area contributed by atoms with Crippen molar-refractivity contribution < 1.29 is 14.6 Å². The molecule has 1 atom stereocenters. The summed E-state index contributed by atoms with van der Waals surface area (Å²) in [7, 11) is 0. The molecule has 0 saturated carbocycles. The van der Waals surface area contributed by atoms with Gasteiger partial charge in [-0.25, -0.2) is 19.3 Å². The van der Waals surface area contributed by atoms with E-state index in [0.717, 1.165) is 21.2 Å². The van der Waals surface area contributed by atoms with Gasteiger partial charge in [0.15, 0.2) is 0 Å². The van der Waals surface area contributed by atoms with E-state index in [4.69, 9.17) is 15.9 Å². The minimum atomic E-state index is -0.626. The van der Waals surface area contributed by atoms with Crippen molar-refractivity contribution in [2.45, 2.75) is 26.0 Å². The highest BCUT2D eigenvalue weighted by molar-refractivity contribution is 5.47. The third-order valence-electron chi connectivity index (χ3n) is 3.89. The maximum Gasteiger partial charge on any atom is 0.351 e. The molecule has 0 radical (unpaired) electrons. The second-order valence-corrected chi connectivity index (χ2v) is 5.79. The monoisotopic (exact) mass is 373 g/mol. The Bertz CT molecular complexity index is 932. The van der Waals surface area contributed by atoms with Gasteiger partial charge in [-0.05, 0) is 24.1 Å². The lowest BCUT2D eigenvalue weighted by Gasteiger charge is -2.15. The molecule has 1 aromatic carbocycles. The summed E-state index contributed by atoms with van der Waals surface area (Å²) in [6, 6.07) is 4.88. The lowest BCUT2D eigenvalue weighted by atomic mass is 10.1. The molecule has 0 amide bonds. The molecule has 8 heteroatoms. The zero-order valence-corrected chi connectivity index (χ0v) is 15.2. The molecule has 0 bridgehead atoms. The van der Waals surface area contributed by atoms with Gasteiger partial charge in [0.25, 0.3) is 0 Å². The van der Waals surface area contributed by atoms with Gasteiger partial charge in [-0.15, -0.1) is 13.0 Å². The van der Waals surface area contributed by atoms with Crippen LogP contribution in [0.2, 0.25) is 0 Å². The fourth-order valence-electron chi connectivity index (χ4n) is 2.51. The normalized spacial score (nSPS) is 11.9. The number of H-pyrrole nitrogens is 1. The number of phenolic OH excluding ortho intramolecular Hbond substituents is 1. The predicted octanol–water partition coefficient (Wildman–Crippen LogP) is 0.816. The van der Waals surface area contributed by atoms with E-state index in [9.17, 15) is 14.7 Å². The van der Waals surface area contributed by atoms with E-state index in [-0.39, 0.29) is 31.2 Å². The molecule has 2 N–H and O–H groups in total. The highest BCUT2D eigenvalue weighted by atomic mass is 16.5. The summed E-state index contributed by atoms with van der Waals surface area (Å²) < 4.78 is 12.8. The molecular weight excluding hydrogens is 350 g/mol. The highest BCUT2D eigenvalue weighted by Crippen LogP contribution is 2.21. The third kappa shape index (κ3) is 5.00. The first-order valence-corrected chi connectivity index (χ1v) is 8.49. The Morgan fingerprint density at radius 2 is 2.22 bits per heavy atom. The van der Waals surface area contributed by atoms with E-state index in [0.29, 0.717) is 6.61 Å². The Kier molecular flexibility index (Phi) is 7.23. The number of aryl methyl sites for hydroxylation is 1. The molecule has 27 heavy (non-hydrogen) atoms. The van der Waals surface area contributed by atoms with E-state index in [1.807, 2.05) is 6.92 Å². The van der Waals surface area contributed by atoms with Crippen molar-refractivity contribution in [2.75, 3.05) is 19.8 Å². The number of ether oxygens (including phenoxy) is 2. The van der Waals surface area contributed by atoms with Crippen LogP contribution in [0.1, 0.15) is 12.5 Å². The molecule has 144 valence electrons. The van der Waals surface area contributed by atoms with Crippen LogP contribution >= 0.6 is 0 Å². The smallest absolute Gasteiger partial charge is 0.351 e. The van der Waals surface area contributed by atoms with Crippen LogP contribution in [0, 0.1) is 12.3 Å². The molecule has 2 aromatic rings. The zero-order valence-electron chi connectivity index (χ0n) is 15.2. The number of nitrogens with zero attached hydrogens (tertiary/aromatic N) is 2. The first kappa shape index (κ1) is 20.3. The number of nitrogens with one attached hydrogen (secondary N) is 1. The predicted molar refractivity (Wildman–Crippen MR) is 101 cm³/mol. The van der Waals surface area contributed by atoms with Gasteiger partial charge >= 0.3 is 11.4 Å². The van der Waals surface area contributed by atoms with Crippen LogP contribution in [-0.2, 0) is 22.4 Å². The first-order valence-electron chi connectivity index (χ1n) is 8.49. The van der Waals surface area contributed by atoms with Crippen LogP contribution in [0.5, 0.6) is 5.75 Å². The molecule has 1 heterocycles. The second-order valence-electron chi connectivity index (χ2n) is 5.79. The van der Waals surface area contributed by atoms with E-state index < -0.39 is 17.5 Å². The van der Waals surface area contributed by atoms with Crippen molar-refractivity contribution in [2.24, 2.45) is 0 Å². The van der Waals surface area contributed by atoms with Gasteiger partial charge in [0, 0.05) is 0 Å². The minimum Gasteiger partial charge on any atom is -0.506 e. The molecule has 0 spiro atoms. The number of benzene rings is 1. The van der Waals surface area contributed by atoms with Gasteiger partial charge in [-0.1, -0.05) is 25.0 Å². The van der Waals surface area contributed by atoms with E-state index in [2.05, 4.69) is 17.6 Å². The van der Waals surface area contributed by atoms with Crippen molar-refractivity contribution in [3.63, 3.8) is 0 Å². The Morgan fingerprint density at radius 1 is 1.44 bits per heavy atom. The maximum absolute atomic E-state index is 12.7. The number of aromatic hydroxyl groups is 1. The maximum atomic E-state index is 12.7. The lowest BCUT2D eigenvalue weighted by molar-refractivity contribution is -0.00581. The highest BCUT2D eigenvalue weighted by Gasteiger charge is 2.18. The van der Waals surface area contributed by atoms with Crippen LogP contribution < -0.4 is 11.4 Å². The minimum absolute atomic E-state index is 0.0226. The van der Waals surface area contributed by atoms with Crippen molar-refractivity contribution in [1.29, 1.82) is 0 Å². The van der Waals surface area contributed by atoms with Crippen LogP contribution in [0.4, 0.5) is 0 Å². The Hall–Kier alpha value is -3.02. The third-order valence-corrected chi connectivity index (χ3v) is 3.89. The zero-order chi connectivity index (χ0) is 19.8. The standard InChI is InChI=1S/C19H23N3O5/c1-4-9-26-13-15(27-10-5-2)12-21-18(24)20-22(19(21)25)16-11-14(6-3)7-8-17(16)23/h2,4,7-8,11,15,23H,1,6,9-10,12-13H2,3H3,(H,20,24). The van der Waals surface area contributed by atoms with Crippen LogP contribution in [0.25, 0.3) is 5.69 Å². The van der Waals surface area contributed by atoms with Gasteiger partial charge in [-0.2, -0.15) is 4.68 Å². The number of aromatic amines is 1. The molecule has 1 aromatic heterocycles. The van der Waals surface area contributed by atoms with E-state index >= 15 is 0 Å². The summed E-state index contributed by atoms with van der Waals surface area (Å²) in [4.78, 5) is 25.0. The van der Waals surface area contributed by atoms with Crippen molar-refractivity contribution >= 4 is 0 Å². The summed E-state index contributed by atoms with van der Waals surface area (Å²) in [5.74, 6) is 2.23. The molecule has 0 saturated heterocycles. The number of rotatable bonds is 10. The van der Waals surface area contributed by atoms with Crippen LogP contribution in [0.15, 0.2) is 40.4 Å². The van der Waals surface area contributed by atoms with Crippen molar-refractivity contribution in [3.8, 4) is 23.8 Å². The molecule has 0 aliphatic rings. The van der Waals surface area contributed by atoms with Crippen LogP contribution in [0.3, 0.4) is 0 Å². The molecule has 0 aliphatic carbocycles. The Morgan fingerprint density at radius 3 is 2.89 bits per heavy atom. The van der Waals surface area contributed by atoms with Gasteiger partial charge in [-0.3, -0.25) is 0 Å². The first-order chi connectivity index (χ1) is 13.0. The number of hydrogen-bond acceptors (Lipinski definition) is 5. The van der Waals surface area contributed by atoms with Gasteiger partial charge in [0.05, 0.1) is 19.8 Å². The summed E-state index contributed by atoms with van der Waals surface area (Å²) in [5.41, 5.74) is -0.128. The Balaban J connectivity index is 2.33. The second kappa shape index (κ2) is 9.62. The van der Waals surface area contributed by atoms with E-state index in [1.54, 1.807) is 18.2 Å². The summed E-state index contributed by atoms with van der Waals surface area (Å²) in [6.07, 6.45) is 6.92. The largest absolute Gasteiger partial charge is 0.506 e. The number of hydrogen-bond donors (Lipinski definition) is 2. The van der Waals surface area contributed by atoms with Gasteiger partial charge < -0.3 is 14.6 Å². The summed E-state index contributed by atoms with van der Waals surface area (Å²) in [5, 5.41) is 12.5.